The lowest BCUT2D eigenvalue weighted by Crippen LogP contribution is -2.37. The highest BCUT2D eigenvalue weighted by Crippen LogP contribution is 2.26. The lowest BCUT2D eigenvalue weighted by molar-refractivity contribution is 0.213. The first-order valence-electron chi connectivity index (χ1n) is 5.86. The molecule has 0 radical (unpaired) electrons. The van der Waals surface area contributed by atoms with Gasteiger partial charge in [0, 0.05) is 12.6 Å². The van der Waals surface area contributed by atoms with E-state index in [4.69, 9.17) is 4.74 Å². The minimum absolute atomic E-state index is 0.130. The zero-order valence-electron chi connectivity index (χ0n) is 10.2. The Bertz CT molecular complexity index is 497. The van der Waals surface area contributed by atoms with Gasteiger partial charge in [0.2, 0.25) is 10.0 Å². The second-order valence-corrected chi connectivity index (χ2v) is 6.16. The number of aliphatic hydroxyl groups excluding tert-OH is 1. The molecule has 1 fully saturated rings. The van der Waals surface area contributed by atoms with E-state index in [1.54, 1.807) is 12.1 Å². The summed E-state index contributed by atoms with van der Waals surface area (Å²) in [6, 6.07) is 6.01. The second kappa shape index (κ2) is 5.26. The van der Waals surface area contributed by atoms with Gasteiger partial charge in [-0.2, -0.15) is 4.31 Å². The maximum Gasteiger partial charge on any atom is 0.243 e. The van der Waals surface area contributed by atoms with Gasteiger partial charge < -0.3 is 9.84 Å². The quantitative estimate of drug-likeness (QED) is 0.881. The van der Waals surface area contributed by atoms with Crippen LogP contribution in [0.3, 0.4) is 0 Å². The minimum atomic E-state index is -3.51. The number of nitrogens with zero attached hydrogens (tertiary/aromatic N) is 1. The molecule has 0 amide bonds. The second-order valence-electron chi connectivity index (χ2n) is 4.27. The van der Waals surface area contributed by atoms with E-state index in [2.05, 4.69) is 0 Å². The summed E-state index contributed by atoms with van der Waals surface area (Å²) >= 11 is 0. The van der Waals surface area contributed by atoms with Crippen molar-refractivity contribution < 1.29 is 18.3 Å². The molecule has 1 aromatic rings. The summed E-state index contributed by atoms with van der Waals surface area (Å²) in [5.74, 6) is 0.620. The van der Waals surface area contributed by atoms with E-state index < -0.39 is 10.0 Å². The Labute approximate surface area is 107 Å². The number of aliphatic hydroxyl groups is 1. The van der Waals surface area contributed by atoms with E-state index in [0.29, 0.717) is 18.7 Å². The lowest BCUT2D eigenvalue weighted by atomic mass is 10.2. The normalized spacial score (nSPS) is 21.1. The number of benzene rings is 1. The molecule has 1 N–H and O–H groups in total. The number of rotatable bonds is 4. The molecule has 5 nitrogen and oxygen atoms in total. The van der Waals surface area contributed by atoms with Crippen molar-refractivity contribution in [2.75, 3.05) is 20.3 Å². The monoisotopic (exact) mass is 271 g/mol. The smallest absolute Gasteiger partial charge is 0.243 e. The Morgan fingerprint density at radius 3 is 2.61 bits per heavy atom. The van der Waals surface area contributed by atoms with Crippen LogP contribution in [0, 0.1) is 0 Å². The molecule has 1 atom stereocenters. The molecule has 6 heteroatoms. The first-order chi connectivity index (χ1) is 8.59. The van der Waals surface area contributed by atoms with Crippen molar-refractivity contribution in [3.63, 3.8) is 0 Å². The molecule has 1 aliphatic rings. The summed E-state index contributed by atoms with van der Waals surface area (Å²) in [5.41, 5.74) is 0. The zero-order valence-corrected chi connectivity index (χ0v) is 11.1. The summed E-state index contributed by atoms with van der Waals surface area (Å²) in [6.45, 7) is 0.342. The summed E-state index contributed by atoms with van der Waals surface area (Å²) in [5, 5.41) is 9.20. The third kappa shape index (κ3) is 2.36. The minimum Gasteiger partial charge on any atom is -0.497 e. The molecule has 1 aromatic carbocycles. The fourth-order valence-electron chi connectivity index (χ4n) is 2.19. The average Bonchev–Trinajstić information content (AvgIpc) is 2.88. The van der Waals surface area contributed by atoms with Crippen LogP contribution in [0.2, 0.25) is 0 Å². The molecule has 1 aliphatic heterocycles. The van der Waals surface area contributed by atoms with Crippen LogP contribution < -0.4 is 4.74 Å². The molecule has 0 aliphatic carbocycles. The van der Waals surface area contributed by atoms with E-state index >= 15 is 0 Å². The number of hydrogen-bond acceptors (Lipinski definition) is 4. The van der Waals surface area contributed by atoms with Gasteiger partial charge in [0.1, 0.15) is 5.75 Å². The molecule has 1 heterocycles. The maximum absolute atomic E-state index is 12.4. The van der Waals surface area contributed by atoms with Crippen molar-refractivity contribution in [1.82, 2.24) is 4.31 Å². The van der Waals surface area contributed by atoms with Gasteiger partial charge in [0.05, 0.1) is 18.6 Å². The molecular formula is C12H17NO4S. The van der Waals surface area contributed by atoms with Crippen LogP contribution >= 0.6 is 0 Å². The van der Waals surface area contributed by atoms with Gasteiger partial charge in [-0.15, -0.1) is 0 Å². The molecule has 18 heavy (non-hydrogen) atoms. The standard InChI is InChI=1S/C12H17NO4S/c1-17-11-4-6-12(7-5-11)18(15,16)13-8-2-3-10(13)9-14/h4-7,10,14H,2-3,8-9H2,1H3. The van der Waals surface area contributed by atoms with Crippen LogP contribution in [0.1, 0.15) is 12.8 Å². The number of sulfonamides is 1. The Balaban J connectivity index is 2.29. The topological polar surface area (TPSA) is 66.8 Å². The van der Waals surface area contributed by atoms with Crippen molar-refractivity contribution in [3.8, 4) is 5.75 Å². The van der Waals surface area contributed by atoms with E-state index in [-0.39, 0.29) is 17.5 Å². The number of ether oxygens (including phenoxy) is 1. The van der Waals surface area contributed by atoms with Gasteiger partial charge in [-0.1, -0.05) is 0 Å². The highest BCUT2D eigenvalue weighted by atomic mass is 32.2. The van der Waals surface area contributed by atoms with E-state index in [9.17, 15) is 13.5 Å². The third-order valence-electron chi connectivity index (χ3n) is 3.20. The van der Waals surface area contributed by atoms with Gasteiger partial charge >= 0.3 is 0 Å². The number of methoxy groups -OCH3 is 1. The molecular weight excluding hydrogens is 254 g/mol. The van der Waals surface area contributed by atoms with Gasteiger partial charge in [-0.25, -0.2) is 8.42 Å². The summed E-state index contributed by atoms with van der Waals surface area (Å²) in [4.78, 5) is 0.239. The van der Waals surface area contributed by atoms with Gasteiger partial charge in [-0.3, -0.25) is 0 Å². The molecule has 1 unspecified atom stereocenters. The fraction of sp³-hybridized carbons (Fsp3) is 0.500. The van der Waals surface area contributed by atoms with Crippen molar-refractivity contribution in [2.24, 2.45) is 0 Å². The van der Waals surface area contributed by atoms with Crippen LogP contribution in [-0.2, 0) is 10.0 Å². The van der Waals surface area contributed by atoms with E-state index in [1.807, 2.05) is 0 Å². The third-order valence-corrected chi connectivity index (χ3v) is 5.17. The maximum atomic E-state index is 12.4. The highest BCUT2D eigenvalue weighted by Gasteiger charge is 2.34. The predicted octanol–water partition coefficient (Wildman–Crippen LogP) is 0.841. The van der Waals surface area contributed by atoms with Crippen molar-refractivity contribution in [1.29, 1.82) is 0 Å². The largest absolute Gasteiger partial charge is 0.497 e. The fourth-order valence-corrected chi connectivity index (χ4v) is 3.88. The molecule has 0 saturated carbocycles. The van der Waals surface area contributed by atoms with Gasteiger partial charge in [0.25, 0.3) is 0 Å². The van der Waals surface area contributed by atoms with Crippen molar-refractivity contribution >= 4 is 10.0 Å². The molecule has 100 valence electrons. The Morgan fingerprint density at radius 2 is 2.06 bits per heavy atom. The molecule has 2 rings (SSSR count). The first kappa shape index (κ1) is 13.3. The van der Waals surface area contributed by atoms with Crippen LogP contribution in [0.4, 0.5) is 0 Å². The average molecular weight is 271 g/mol. The molecule has 0 bridgehead atoms. The summed E-state index contributed by atoms with van der Waals surface area (Å²) in [6.07, 6.45) is 1.51. The van der Waals surface area contributed by atoms with Crippen LogP contribution in [0.15, 0.2) is 29.2 Å². The summed E-state index contributed by atoms with van der Waals surface area (Å²) in [7, 11) is -1.97. The SMILES string of the molecule is COc1ccc(S(=O)(=O)N2CCCC2CO)cc1. The van der Waals surface area contributed by atoms with Crippen LogP contribution in [0.25, 0.3) is 0 Å². The van der Waals surface area contributed by atoms with Crippen molar-refractivity contribution in [3.05, 3.63) is 24.3 Å². The lowest BCUT2D eigenvalue weighted by Gasteiger charge is -2.22. The summed E-state index contributed by atoms with van der Waals surface area (Å²) < 4.78 is 31.1. The Hall–Kier alpha value is -1.11. The van der Waals surface area contributed by atoms with Gasteiger partial charge in [-0.05, 0) is 37.1 Å². The van der Waals surface area contributed by atoms with Crippen molar-refractivity contribution in [2.45, 2.75) is 23.8 Å². The highest BCUT2D eigenvalue weighted by molar-refractivity contribution is 7.89. The molecule has 0 aromatic heterocycles. The van der Waals surface area contributed by atoms with Crippen LogP contribution in [0.5, 0.6) is 5.75 Å². The van der Waals surface area contributed by atoms with Crippen LogP contribution in [-0.4, -0.2) is 44.1 Å². The Morgan fingerprint density at radius 1 is 1.39 bits per heavy atom. The number of hydrogen-bond donors (Lipinski definition) is 1. The van der Waals surface area contributed by atoms with Gasteiger partial charge in [0.15, 0.2) is 0 Å². The first-order valence-corrected chi connectivity index (χ1v) is 7.30. The zero-order chi connectivity index (χ0) is 13.2. The molecule has 0 spiro atoms. The predicted molar refractivity (Wildman–Crippen MR) is 67.0 cm³/mol. The van der Waals surface area contributed by atoms with E-state index in [1.165, 1.54) is 23.5 Å². The Kier molecular flexibility index (Phi) is 3.89. The van der Waals surface area contributed by atoms with E-state index in [0.717, 1.165) is 6.42 Å². The molecule has 1 saturated heterocycles.